The van der Waals surface area contributed by atoms with Crippen LogP contribution in [-0.4, -0.2) is 16.9 Å². The number of fused-ring (bicyclic) bond motifs is 1. The summed E-state index contributed by atoms with van der Waals surface area (Å²) in [5, 5.41) is 9.53. The Labute approximate surface area is 119 Å². The first-order chi connectivity index (χ1) is 8.76. The molecule has 2 atom stereocenters. The predicted octanol–water partition coefficient (Wildman–Crippen LogP) is 2.84. The number of benzene rings is 1. The molecule has 0 bridgehead atoms. The van der Waals surface area contributed by atoms with E-state index in [0.717, 1.165) is 4.90 Å². The smallest absolute Gasteiger partial charge is 0.238 e. The second-order valence-corrected chi connectivity index (χ2v) is 6.36. The van der Waals surface area contributed by atoms with Gasteiger partial charge in [-0.15, -0.1) is 0 Å². The zero-order chi connectivity index (χ0) is 14.1. The molecule has 3 rings (SSSR count). The molecule has 6 heteroatoms. The van der Waals surface area contributed by atoms with Crippen LogP contribution in [0.15, 0.2) is 12.1 Å². The average Bonchev–Trinajstić information content (AvgIpc) is 2.76. The summed E-state index contributed by atoms with van der Waals surface area (Å²) in [4.78, 5) is 25.6. The molecule has 0 spiro atoms. The fourth-order valence-corrected chi connectivity index (χ4v) is 3.36. The minimum atomic E-state index is -0.258. The van der Waals surface area contributed by atoms with E-state index in [4.69, 9.17) is 23.2 Å². The van der Waals surface area contributed by atoms with Crippen LogP contribution in [0, 0.1) is 17.3 Å². The van der Waals surface area contributed by atoms with Crippen molar-refractivity contribution in [2.45, 2.75) is 13.8 Å². The highest BCUT2D eigenvalue weighted by molar-refractivity contribution is 6.38. The molecule has 1 aromatic rings. The molecule has 100 valence electrons. The average molecular weight is 300 g/mol. The fourth-order valence-electron chi connectivity index (χ4n) is 2.88. The van der Waals surface area contributed by atoms with E-state index in [9.17, 15) is 14.7 Å². The molecule has 1 heterocycles. The summed E-state index contributed by atoms with van der Waals surface area (Å²) >= 11 is 11.6. The minimum Gasteiger partial charge on any atom is -0.505 e. The summed E-state index contributed by atoms with van der Waals surface area (Å²) in [6, 6.07) is 2.74. The van der Waals surface area contributed by atoms with Crippen molar-refractivity contribution >= 4 is 40.7 Å². The van der Waals surface area contributed by atoms with Gasteiger partial charge in [0, 0.05) is 0 Å². The molecule has 2 amide bonds. The predicted molar refractivity (Wildman–Crippen MR) is 71.4 cm³/mol. The van der Waals surface area contributed by atoms with Gasteiger partial charge in [0.05, 0.1) is 27.6 Å². The molecular formula is C13H11Cl2NO3. The highest BCUT2D eigenvalue weighted by Crippen LogP contribution is 2.63. The third-order valence-electron chi connectivity index (χ3n) is 4.06. The van der Waals surface area contributed by atoms with Gasteiger partial charge in [-0.2, -0.15) is 0 Å². The summed E-state index contributed by atoms with van der Waals surface area (Å²) < 4.78 is 0. The number of aromatic hydroxyl groups is 1. The highest BCUT2D eigenvalue weighted by atomic mass is 35.5. The van der Waals surface area contributed by atoms with Crippen LogP contribution in [0.3, 0.4) is 0 Å². The Morgan fingerprint density at radius 3 is 1.95 bits per heavy atom. The number of anilines is 1. The standard InChI is InChI=1S/C13H11Cl2NO3/c1-13(2)8-9(13)12(19)16(11(8)18)5-3-6(14)10(17)7(15)4-5/h3-4,8-9,17H,1-2H3. The maximum absolute atomic E-state index is 12.2. The number of halogens is 2. The van der Waals surface area contributed by atoms with Crippen LogP contribution in [0.4, 0.5) is 5.69 Å². The molecule has 1 aromatic carbocycles. The molecule has 1 aliphatic carbocycles. The van der Waals surface area contributed by atoms with E-state index in [0.29, 0.717) is 5.69 Å². The zero-order valence-electron chi connectivity index (χ0n) is 10.3. The van der Waals surface area contributed by atoms with Crippen molar-refractivity contribution in [1.82, 2.24) is 0 Å². The highest BCUT2D eigenvalue weighted by Gasteiger charge is 2.72. The second-order valence-electron chi connectivity index (χ2n) is 5.55. The van der Waals surface area contributed by atoms with E-state index < -0.39 is 0 Å². The van der Waals surface area contributed by atoms with Crippen molar-refractivity contribution in [3.63, 3.8) is 0 Å². The number of nitrogens with zero attached hydrogens (tertiary/aromatic N) is 1. The number of hydrogen-bond acceptors (Lipinski definition) is 3. The third-order valence-corrected chi connectivity index (χ3v) is 4.64. The van der Waals surface area contributed by atoms with Gasteiger partial charge in [0.1, 0.15) is 0 Å². The number of phenols is 1. The molecule has 19 heavy (non-hydrogen) atoms. The second kappa shape index (κ2) is 3.64. The quantitative estimate of drug-likeness (QED) is 0.811. The number of carbonyl (C=O) groups excluding carboxylic acids is 2. The minimum absolute atomic E-state index is 0.0166. The lowest BCUT2D eigenvalue weighted by Gasteiger charge is -2.21. The number of carbonyl (C=O) groups is 2. The lowest BCUT2D eigenvalue weighted by atomic mass is 10.1. The van der Waals surface area contributed by atoms with E-state index in [1.165, 1.54) is 12.1 Å². The molecule has 4 nitrogen and oxygen atoms in total. The van der Waals surface area contributed by atoms with E-state index in [2.05, 4.69) is 0 Å². The molecule has 2 aliphatic rings. The maximum atomic E-state index is 12.2. The van der Waals surface area contributed by atoms with Gasteiger partial charge in [-0.05, 0) is 17.5 Å². The van der Waals surface area contributed by atoms with Gasteiger partial charge in [0.15, 0.2) is 5.75 Å². The van der Waals surface area contributed by atoms with Crippen LogP contribution >= 0.6 is 23.2 Å². The summed E-state index contributed by atoms with van der Waals surface area (Å²) in [6.45, 7) is 3.82. The van der Waals surface area contributed by atoms with Crippen molar-refractivity contribution in [2.75, 3.05) is 4.90 Å². The van der Waals surface area contributed by atoms with Crippen molar-refractivity contribution < 1.29 is 14.7 Å². The SMILES string of the molecule is CC1(C)C2C(=O)N(c3cc(Cl)c(O)c(Cl)c3)C(=O)C21. The number of amides is 2. The first-order valence-corrected chi connectivity index (χ1v) is 6.58. The van der Waals surface area contributed by atoms with Gasteiger partial charge in [-0.1, -0.05) is 37.0 Å². The Morgan fingerprint density at radius 1 is 1.11 bits per heavy atom. The maximum Gasteiger partial charge on any atom is 0.238 e. The number of phenolic OH excluding ortho intramolecular Hbond substituents is 1. The molecule has 1 N–H and O–H groups in total. The first-order valence-electron chi connectivity index (χ1n) is 5.82. The summed E-state index contributed by atoms with van der Waals surface area (Å²) in [5.41, 5.74) is 0.0561. The summed E-state index contributed by atoms with van der Waals surface area (Å²) in [7, 11) is 0. The zero-order valence-corrected chi connectivity index (χ0v) is 11.8. The Morgan fingerprint density at radius 2 is 1.53 bits per heavy atom. The van der Waals surface area contributed by atoms with Crippen molar-refractivity contribution in [3.05, 3.63) is 22.2 Å². The molecule has 0 aromatic heterocycles. The Kier molecular flexibility index (Phi) is 2.45. The molecule has 0 radical (unpaired) electrons. The van der Waals surface area contributed by atoms with Crippen LogP contribution in [0.5, 0.6) is 5.75 Å². The topological polar surface area (TPSA) is 57.6 Å². The Hall–Kier alpha value is -1.26. The van der Waals surface area contributed by atoms with Gasteiger partial charge in [-0.25, -0.2) is 4.90 Å². The van der Waals surface area contributed by atoms with Gasteiger partial charge >= 0.3 is 0 Å². The van der Waals surface area contributed by atoms with Crippen LogP contribution in [0.25, 0.3) is 0 Å². The molecule has 1 saturated heterocycles. The fraction of sp³-hybridized carbons (Fsp3) is 0.385. The van der Waals surface area contributed by atoms with Gasteiger partial charge in [0.2, 0.25) is 11.8 Å². The summed E-state index contributed by atoms with van der Waals surface area (Å²) in [5.74, 6) is -1.22. The molecule has 2 fully saturated rings. The summed E-state index contributed by atoms with van der Waals surface area (Å²) in [6.07, 6.45) is 0. The number of hydrogen-bond donors (Lipinski definition) is 1. The van der Waals surface area contributed by atoms with Crippen molar-refractivity contribution in [1.29, 1.82) is 0 Å². The van der Waals surface area contributed by atoms with Crippen LogP contribution < -0.4 is 4.90 Å². The third kappa shape index (κ3) is 1.53. The largest absolute Gasteiger partial charge is 0.505 e. The van der Waals surface area contributed by atoms with Gasteiger partial charge in [-0.3, -0.25) is 9.59 Å². The molecule has 1 saturated carbocycles. The monoisotopic (exact) mass is 299 g/mol. The normalized spacial score (nSPS) is 27.7. The molecule has 1 aliphatic heterocycles. The van der Waals surface area contributed by atoms with Crippen LogP contribution in [0.2, 0.25) is 10.0 Å². The molecule has 2 unspecified atom stereocenters. The van der Waals surface area contributed by atoms with E-state index in [1.807, 2.05) is 13.8 Å². The van der Waals surface area contributed by atoms with Gasteiger partial charge < -0.3 is 5.11 Å². The Bertz CT molecular complexity index is 579. The first kappa shape index (κ1) is 12.8. The van der Waals surface area contributed by atoms with Crippen molar-refractivity contribution in [3.8, 4) is 5.75 Å². The van der Waals surface area contributed by atoms with Crippen LogP contribution in [-0.2, 0) is 9.59 Å². The van der Waals surface area contributed by atoms with E-state index in [-0.39, 0.29) is 44.9 Å². The van der Waals surface area contributed by atoms with E-state index in [1.54, 1.807) is 0 Å². The molecular weight excluding hydrogens is 289 g/mol. The number of imide groups is 1. The Balaban J connectivity index is 2.02. The lowest BCUT2D eigenvalue weighted by molar-refractivity contribution is -0.125. The van der Waals surface area contributed by atoms with Gasteiger partial charge in [0.25, 0.3) is 0 Å². The van der Waals surface area contributed by atoms with E-state index >= 15 is 0 Å². The number of piperidine rings is 1. The van der Waals surface area contributed by atoms with Crippen molar-refractivity contribution in [2.24, 2.45) is 17.3 Å². The number of rotatable bonds is 1. The lowest BCUT2D eigenvalue weighted by Crippen LogP contribution is -2.36. The van der Waals surface area contributed by atoms with Crippen LogP contribution in [0.1, 0.15) is 13.8 Å².